The number of nitrogens with one attached hydrogen (secondary N) is 5. The summed E-state index contributed by atoms with van der Waals surface area (Å²) in [6.45, 7) is 19.2. The quantitative estimate of drug-likeness (QED) is 0.123. The molecule has 0 aromatic carbocycles. The minimum absolute atomic E-state index is 0.0522. The molecule has 6 amide bonds. The standard InChI is InChI=1S/C35H60N6O7/c1-10-14-25(29(42)31(44)36-18-11-2)38-30(43)28-24(21(3)4)17-19-41(28)32(45)27(23-15-12-13-16-23)40-33(46)39-26(35(7,8)9)20-48-34(47)37-22(5)6/h11,21-28H,2,10,12-20H2,1,3-9H3,(H,36,44)(H,37,47)(H,38,43)(H2,39,40,46)/t24-,25?,26?,27+,28?/m1/s1. The van der Waals surface area contributed by atoms with E-state index in [9.17, 15) is 28.8 Å². The van der Waals surface area contributed by atoms with Crippen LogP contribution in [0.1, 0.15) is 100 Å². The molecule has 3 unspecified atom stereocenters. The predicted octanol–water partition coefficient (Wildman–Crippen LogP) is 3.42. The van der Waals surface area contributed by atoms with E-state index in [4.69, 9.17) is 4.74 Å². The summed E-state index contributed by atoms with van der Waals surface area (Å²) in [5.74, 6) is -2.62. The molecule has 0 aromatic rings. The van der Waals surface area contributed by atoms with Gasteiger partial charge in [0.15, 0.2) is 0 Å². The predicted molar refractivity (Wildman–Crippen MR) is 184 cm³/mol. The average Bonchev–Trinajstić information content (AvgIpc) is 3.70. The highest BCUT2D eigenvalue weighted by Crippen LogP contribution is 2.34. The molecule has 0 aromatic heterocycles. The first-order valence-electron chi connectivity index (χ1n) is 17.6. The number of rotatable bonds is 16. The Hall–Kier alpha value is -3.64. The third kappa shape index (κ3) is 11.8. The van der Waals surface area contributed by atoms with Gasteiger partial charge in [-0.25, -0.2) is 9.59 Å². The molecule has 272 valence electrons. The highest BCUT2D eigenvalue weighted by Gasteiger charge is 2.47. The molecule has 13 nitrogen and oxygen atoms in total. The van der Waals surface area contributed by atoms with Gasteiger partial charge in [0, 0.05) is 19.1 Å². The lowest BCUT2D eigenvalue weighted by Crippen LogP contribution is -2.61. The van der Waals surface area contributed by atoms with Crippen molar-refractivity contribution >= 4 is 35.6 Å². The Morgan fingerprint density at radius 1 is 0.938 bits per heavy atom. The van der Waals surface area contributed by atoms with Crippen LogP contribution in [0.15, 0.2) is 12.7 Å². The molecule has 0 bridgehead atoms. The molecule has 1 saturated heterocycles. The molecule has 5 atom stereocenters. The highest BCUT2D eigenvalue weighted by molar-refractivity contribution is 6.38. The number of carbonyl (C=O) groups excluding carboxylic acids is 6. The molecule has 2 aliphatic rings. The van der Waals surface area contributed by atoms with E-state index in [0.717, 1.165) is 25.7 Å². The van der Waals surface area contributed by atoms with E-state index in [0.29, 0.717) is 19.4 Å². The highest BCUT2D eigenvalue weighted by atomic mass is 16.5. The van der Waals surface area contributed by atoms with Crippen LogP contribution in [0.4, 0.5) is 9.59 Å². The van der Waals surface area contributed by atoms with Gasteiger partial charge in [-0.3, -0.25) is 19.2 Å². The second kappa shape index (κ2) is 18.8. The number of amides is 6. The fourth-order valence-corrected chi connectivity index (χ4v) is 6.46. The van der Waals surface area contributed by atoms with Crippen LogP contribution in [0.3, 0.4) is 0 Å². The molecule has 1 aliphatic heterocycles. The van der Waals surface area contributed by atoms with Crippen molar-refractivity contribution in [3.05, 3.63) is 12.7 Å². The lowest BCUT2D eigenvalue weighted by Gasteiger charge is -2.35. The number of carbonyl (C=O) groups is 6. The van der Waals surface area contributed by atoms with Crippen molar-refractivity contribution in [3.63, 3.8) is 0 Å². The van der Waals surface area contributed by atoms with Gasteiger partial charge in [-0.15, -0.1) is 6.58 Å². The maximum atomic E-state index is 14.4. The van der Waals surface area contributed by atoms with Gasteiger partial charge in [0.25, 0.3) is 5.91 Å². The molecule has 13 heteroatoms. The fourth-order valence-electron chi connectivity index (χ4n) is 6.46. The molecule has 1 saturated carbocycles. The number of hydrogen-bond donors (Lipinski definition) is 5. The van der Waals surface area contributed by atoms with Crippen LogP contribution < -0.4 is 26.6 Å². The van der Waals surface area contributed by atoms with E-state index in [-0.39, 0.29) is 49.3 Å². The normalized spacial score (nSPS) is 20.1. The SMILES string of the molecule is C=CCNC(=O)C(=O)C(CCC)NC(=O)C1[C@@H](C(C)C)CCN1C(=O)[C@@H](NC(=O)NC(COC(=O)NC(C)C)C(C)(C)C)C1CCCC1. The van der Waals surface area contributed by atoms with Gasteiger partial charge >= 0.3 is 12.1 Å². The van der Waals surface area contributed by atoms with Crippen molar-refractivity contribution in [1.82, 2.24) is 31.5 Å². The Bertz CT molecular complexity index is 1140. The van der Waals surface area contributed by atoms with Gasteiger partial charge in [-0.1, -0.05) is 66.9 Å². The number of urea groups is 1. The number of Topliss-reactive ketones (excluding diaryl/α,β-unsaturated/α-hetero) is 1. The largest absolute Gasteiger partial charge is 0.447 e. The Balaban J connectivity index is 2.30. The lowest BCUT2D eigenvalue weighted by molar-refractivity contribution is -0.144. The first-order valence-corrected chi connectivity index (χ1v) is 17.6. The number of alkyl carbamates (subject to hydrolysis) is 1. The topological polar surface area (TPSA) is 175 Å². The molecule has 1 aliphatic carbocycles. The van der Waals surface area contributed by atoms with E-state index in [1.54, 1.807) is 4.90 Å². The van der Waals surface area contributed by atoms with E-state index < -0.39 is 59.3 Å². The molecule has 2 fully saturated rings. The van der Waals surface area contributed by atoms with Crippen molar-refractivity contribution < 1.29 is 33.5 Å². The van der Waals surface area contributed by atoms with Gasteiger partial charge in [0.2, 0.25) is 17.6 Å². The second-order valence-corrected chi connectivity index (χ2v) is 14.8. The first kappa shape index (κ1) is 40.5. The molecule has 1 heterocycles. The van der Waals surface area contributed by atoms with Gasteiger partial charge in [-0.2, -0.15) is 0 Å². The zero-order valence-corrected chi connectivity index (χ0v) is 30.3. The summed E-state index contributed by atoms with van der Waals surface area (Å²) in [7, 11) is 0. The second-order valence-electron chi connectivity index (χ2n) is 14.8. The van der Waals surface area contributed by atoms with Gasteiger partial charge in [-0.05, 0) is 62.7 Å². The van der Waals surface area contributed by atoms with Crippen LogP contribution in [-0.2, 0) is 23.9 Å². The van der Waals surface area contributed by atoms with Crippen LogP contribution >= 0.6 is 0 Å². The van der Waals surface area contributed by atoms with Crippen molar-refractivity contribution in [3.8, 4) is 0 Å². The summed E-state index contributed by atoms with van der Waals surface area (Å²) in [5.41, 5.74) is -0.472. The van der Waals surface area contributed by atoms with E-state index >= 15 is 0 Å². The molecule has 48 heavy (non-hydrogen) atoms. The summed E-state index contributed by atoms with van der Waals surface area (Å²) in [4.78, 5) is 81.0. The molecule has 5 N–H and O–H groups in total. The zero-order chi connectivity index (χ0) is 36.2. The molecule has 0 spiro atoms. The van der Waals surface area contributed by atoms with Crippen LogP contribution in [0.25, 0.3) is 0 Å². The number of nitrogens with zero attached hydrogens (tertiary/aromatic N) is 1. The van der Waals surface area contributed by atoms with Crippen LogP contribution in [0.2, 0.25) is 0 Å². The van der Waals surface area contributed by atoms with E-state index in [1.165, 1.54) is 6.08 Å². The fraction of sp³-hybridized carbons (Fsp3) is 0.771. The van der Waals surface area contributed by atoms with Crippen molar-refractivity contribution in [2.75, 3.05) is 19.7 Å². The summed E-state index contributed by atoms with van der Waals surface area (Å²) in [5, 5.41) is 13.8. The Labute approximate surface area is 286 Å². The third-order valence-electron chi connectivity index (χ3n) is 9.26. The molecule has 0 radical (unpaired) electrons. The molecular weight excluding hydrogens is 616 g/mol. The average molecular weight is 677 g/mol. The smallest absolute Gasteiger partial charge is 0.407 e. The summed E-state index contributed by atoms with van der Waals surface area (Å²) < 4.78 is 5.38. The minimum atomic E-state index is -1.04. The number of ketones is 1. The van der Waals surface area contributed by atoms with Crippen LogP contribution in [0.5, 0.6) is 0 Å². The minimum Gasteiger partial charge on any atom is -0.447 e. The Kier molecular flexibility index (Phi) is 15.9. The molecule has 2 rings (SSSR count). The van der Waals surface area contributed by atoms with Crippen LogP contribution in [-0.4, -0.2) is 90.4 Å². The maximum Gasteiger partial charge on any atom is 0.407 e. The third-order valence-corrected chi connectivity index (χ3v) is 9.26. The van der Waals surface area contributed by atoms with E-state index in [2.05, 4.69) is 33.2 Å². The summed E-state index contributed by atoms with van der Waals surface area (Å²) in [6, 6.07) is -4.00. The first-order chi connectivity index (χ1) is 22.5. The monoisotopic (exact) mass is 676 g/mol. The Morgan fingerprint density at radius 3 is 2.12 bits per heavy atom. The number of hydrogen-bond acceptors (Lipinski definition) is 7. The summed E-state index contributed by atoms with van der Waals surface area (Å²) in [6.07, 6.45) is 5.64. The van der Waals surface area contributed by atoms with E-state index in [1.807, 2.05) is 55.4 Å². The maximum absolute atomic E-state index is 14.4. The van der Waals surface area contributed by atoms with Gasteiger partial charge < -0.3 is 36.2 Å². The van der Waals surface area contributed by atoms with Crippen molar-refractivity contribution in [2.45, 2.75) is 131 Å². The van der Waals surface area contributed by atoms with Crippen molar-refractivity contribution in [2.24, 2.45) is 23.2 Å². The number of ether oxygens (including phenoxy) is 1. The van der Waals surface area contributed by atoms with Crippen molar-refractivity contribution in [1.29, 1.82) is 0 Å². The summed E-state index contributed by atoms with van der Waals surface area (Å²) >= 11 is 0. The van der Waals surface area contributed by atoms with Gasteiger partial charge in [0.1, 0.15) is 18.7 Å². The number of likely N-dealkylation sites (tertiary alicyclic amines) is 1. The zero-order valence-electron chi connectivity index (χ0n) is 30.3. The van der Waals surface area contributed by atoms with Gasteiger partial charge in [0.05, 0.1) is 12.1 Å². The lowest BCUT2D eigenvalue weighted by atomic mass is 9.87. The van der Waals surface area contributed by atoms with Crippen LogP contribution in [0, 0.1) is 23.2 Å². The molecular formula is C35H60N6O7. The Morgan fingerprint density at radius 2 is 1.58 bits per heavy atom.